The lowest BCUT2D eigenvalue weighted by molar-refractivity contribution is 0.221. The number of H-pyrrole nitrogens is 1. The number of anilines is 1. The molecule has 1 fully saturated rings. The topological polar surface area (TPSA) is 60.6 Å². The predicted octanol–water partition coefficient (Wildman–Crippen LogP) is 4.53. The summed E-state index contributed by atoms with van der Waals surface area (Å²) in [6, 6.07) is 16.2. The molecule has 0 amide bonds. The number of thiocarbonyl (C=S) groups is 1. The molecule has 0 radical (unpaired) electrons. The van der Waals surface area contributed by atoms with E-state index in [-0.39, 0.29) is 5.56 Å². The number of fused-ring (bicyclic) bond motifs is 1. The Bertz CT molecular complexity index is 1190. The first-order chi connectivity index (χ1) is 16.0. The average molecular weight is 465 g/mol. The Morgan fingerprint density at radius 2 is 2.09 bits per heavy atom. The zero-order valence-corrected chi connectivity index (χ0v) is 20.4. The number of methoxy groups -OCH3 is 1. The van der Waals surface area contributed by atoms with Gasteiger partial charge in [-0.3, -0.25) is 9.69 Å². The zero-order valence-electron chi connectivity index (χ0n) is 19.6. The third-order valence-corrected chi connectivity index (χ3v) is 6.77. The minimum Gasteiger partial charge on any atom is -0.495 e. The smallest absolute Gasteiger partial charge is 0.253 e. The predicted molar refractivity (Wildman–Crippen MR) is 139 cm³/mol. The van der Waals surface area contributed by atoms with Crippen LogP contribution in [0.15, 0.2) is 53.3 Å². The van der Waals surface area contributed by atoms with E-state index in [0.717, 1.165) is 54.0 Å². The fraction of sp³-hybridized carbons (Fsp3) is 0.385. The molecule has 3 aromatic rings. The van der Waals surface area contributed by atoms with Gasteiger partial charge in [-0.2, -0.15) is 0 Å². The molecule has 174 valence electrons. The van der Waals surface area contributed by atoms with E-state index in [0.29, 0.717) is 23.3 Å². The number of aryl methyl sites for hydroxylation is 1. The molecule has 6 nitrogen and oxygen atoms in total. The van der Waals surface area contributed by atoms with Gasteiger partial charge in [-0.15, -0.1) is 0 Å². The first kappa shape index (κ1) is 23.3. The number of hydrogen-bond donors (Lipinski definition) is 2. The number of pyridine rings is 1. The quantitative estimate of drug-likeness (QED) is 0.501. The van der Waals surface area contributed by atoms with Gasteiger partial charge in [0, 0.05) is 23.7 Å². The van der Waals surface area contributed by atoms with Crippen LogP contribution in [-0.2, 0) is 6.54 Å². The summed E-state index contributed by atoms with van der Waals surface area (Å²) in [5.41, 5.74) is 3.43. The van der Waals surface area contributed by atoms with E-state index in [4.69, 9.17) is 17.0 Å². The number of likely N-dealkylation sites (N-methyl/N-ethyl adjacent to an activating group) is 1. The van der Waals surface area contributed by atoms with Gasteiger partial charge in [0.25, 0.3) is 5.56 Å². The molecule has 0 bridgehead atoms. The van der Waals surface area contributed by atoms with E-state index < -0.39 is 0 Å². The van der Waals surface area contributed by atoms with E-state index in [1.807, 2.05) is 43.3 Å². The molecular formula is C26H32N4O2S. The number of rotatable bonds is 7. The summed E-state index contributed by atoms with van der Waals surface area (Å²) >= 11 is 5.86. The second-order valence-electron chi connectivity index (χ2n) is 8.65. The average Bonchev–Trinajstić information content (AvgIpc) is 3.26. The Morgan fingerprint density at radius 1 is 1.27 bits per heavy atom. The summed E-state index contributed by atoms with van der Waals surface area (Å²) in [6.45, 7) is 7.55. The van der Waals surface area contributed by atoms with Gasteiger partial charge < -0.3 is 19.9 Å². The third-order valence-electron chi connectivity index (χ3n) is 6.41. The number of para-hydroxylation sites is 2. The highest BCUT2D eigenvalue weighted by atomic mass is 32.1. The number of nitrogens with one attached hydrogen (secondary N) is 2. The second-order valence-corrected chi connectivity index (χ2v) is 9.04. The molecule has 1 aliphatic rings. The molecule has 2 heterocycles. The van der Waals surface area contributed by atoms with E-state index >= 15 is 0 Å². The number of likely N-dealkylation sites (tertiary alicyclic amines) is 1. The number of nitrogens with zero attached hydrogens (tertiary/aromatic N) is 2. The van der Waals surface area contributed by atoms with Crippen molar-refractivity contribution in [2.75, 3.05) is 32.1 Å². The largest absolute Gasteiger partial charge is 0.495 e. The van der Waals surface area contributed by atoms with Crippen LogP contribution in [0.25, 0.3) is 10.9 Å². The SMILES string of the molecule is CCN1CCC[C@H]1CN(Cc1cc2ccc(C)cc2[nH]c1=O)C(=S)Nc1ccccc1OC. The van der Waals surface area contributed by atoms with Gasteiger partial charge in [0.15, 0.2) is 5.11 Å². The van der Waals surface area contributed by atoms with Gasteiger partial charge in [0.1, 0.15) is 5.75 Å². The van der Waals surface area contributed by atoms with Crippen LogP contribution in [0.5, 0.6) is 5.75 Å². The molecule has 0 spiro atoms. The summed E-state index contributed by atoms with van der Waals surface area (Å²) in [6.07, 6.45) is 2.32. The molecule has 4 rings (SSSR count). The van der Waals surface area contributed by atoms with Gasteiger partial charge in [-0.1, -0.05) is 31.2 Å². The van der Waals surface area contributed by atoms with Crippen LogP contribution in [0.4, 0.5) is 5.69 Å². The summed E-state index contributed by atoms with van der Waals surface area (Å²) < 4.78 is 5.49. The molecule has 0 saturated carbocycles. The highest BCUT2D eigenvalue weighted by molar-refractivity contribution is 7.80. The van der Waals surface area contributed by atoms with Gasteiger partial charge in [-0.25, -0.2) is 0 Å². The molecule has 0 unspecified atom stereocenters. The van der Waals surface area contributed by atoms with Crippen LogP contribution in [-0.4, -0.2) is 52.7 Å². The Balaban J connectivity index is 1.63. The Kier molecular flexibility index (Phi) is 7.30. The number of ether oxygens (including phenoxy) is 1. The second kappa shape index (κ2) is 10.4. The van der Waals surface area contributed by atoms with E-state index in [2.05, 4.69) is 39.2 Å². The summed E-state index contributed by atoms with van der Waals surface area (Å²) in [7, 11) is 1.65. The standard InChI is InChI=1S/C26H32N4O2S/c1-4-29-13-7-8-21(29)17-30(26(33)28-22-9-5-6-10-24(22)32-3)16-20-15-19-12-11-18(2)14-23(19)27-25(20)31/h5-6,9-12,14-15,21H,4,7-8,13,16-17H2,1-3H3,(H,27,31)(H,28,33)/t21-/m0/s1. The fourth-order valence-corrected chi connectivity index (χ4v) is 4.87. The summed E-state index contributed by atoms with van der Waals surface area (Å²) in [5.74, 6) is 0.731. The molecule has 1 atom stereocenters. The summed E-state index contributed by atoms with van der Waals surface area (Å²) in [4.78, 5) is 20.6. The molecule has 2 aromatic carbocycles. The number of hydrogen-bond acceptors (Lipinski definition) is 4. The zero-order chi connectivity index (χ0) is 23.4. The van der Waals surface area contributed by atoms with Crippen LogP contribution in [0.2, 0.25) is 0 Å². The van der Waals surface area contributed by atoms with Gasteiger partial charge in [-0.05, 0) is 80.3 Å². The number of benzene rings is 2. The van der Waals surface area contributed by atoms with Crippen molar-refractivity contribution >= 4 is 33.9 Å². The molecule has 33 heavy (non-hydrogen) atoms. The Hall–Kier alpha value is -2.90. The Morgan fingerprint density at radius 3 is 2.88 bits per heavy atom. The molecule has 1 aromatic heterocycles. The maximum absolute atomic E-state index is 12.9. The van der Waals surface area contributed by atoms with Crippen LogP contribution < -0.4 is 15.6 Å². The first-order valence-electron chi connectivity index (χ1n) is 11.5. The lowest BCUT2D eigenvalue weighted by Crippen LogP contribution is -2.44. The van der Waals surface area contributed by atoms with Crippen molar-refractivity contribution in [1.82, 2.24) is 14.8 Å². The number of aromatic amines is 1. The van der Waals surface area contributed by atoms with Crippen molar-refractivity contribution < 1.29 is 4.74 Å². The van der Waals surface area contributed by atoms with Gasteiger partial charge >= 0.3 is 0 Å². The van der Waals surface area contributed by atoms with Gasteiger partial charge in [0.2, 0.25) is 0 Å². The van der Waals surface area contributed by atoms with Crippen LogP contribution in [0, 0.1) is 6.92 Å². The van der Waals surface area contributed by atoms with Crippen molar-refractivity contribution in [3.8, 4) is 5.75 Å². The summed E-state index contributed by atoms with van der Waals surface area (Å²) in [5, 5.41) is 4.97. The van der Waals surface area contributed by atoms with Crippen molar-refractivity contribution in [3.63, 3.8) is 0 Å². The molecular weight excluding hydrogens is 432 g/mol. The van der Waals surface area contributed by atoms with Crippen LogP contribution >= 0.6 is 12.2 Å². The maximum Gasteiger partial charge on any atom is 0.253 e. The Labute approximate surface area is 200 Å². The van der Waals surface area contributed by atoms with Crippen LogP contribution in [0.1, 0.15) is 30.9 Å². The molecule has 2 N–H and O–H groups in total. The van der Waals surface area contributed by atoms with Gasteiger partial charge in [0.05, 0.1) is 19.3 Å². The van der Waals surface area contributed by atoms with Crippen molar-refractivity contribution in [3.05, 3.63) is 70.0 Å². The molecule has 0 aliphatic carbocycles. The first-order valence-corrected chi connectivity index (χ1v) is 11.9. The van der Waals surface area contributed by atoms with Crippen LogP contribution in [0.3, 0.4) is 0 Å². The fourth-order valence-electron chi connectivity index (χ4n) is 4.62. The maximum atomic E-state index is 12.9. The monoisotopic (exact) mass is 464 g/mol. The highest BCUT2D eigenvalue weighted by Gasteiger charge is 2.27. The lowest BCUT2D eigenvalue weighted by atomic mass is 10.1. The molecule has 1 saturated heterocycles. The van der Waals surface area contributed by atoms with E-state index in [1.165, 1.54) is 6.42 Å². The minimum absolute atomic E-state index is 0.0723. The highest BCUT2D eigenvalue weighted by Crippen LogP contribution is 2.25. The third kappa shape index (κ3) is 5.37. The van der Waals surface area contributed by atoms with E-state index in [1.54, 1.807) is 7.11 Å². The van der Waals surface area contributed by atoms with E-state index in [9.17, 15) is 4.79 Å². The number of aromatic nitrogens is 1. The molecule has 1 aliphatic heterocycles. The van der Waals surface area contributed by atoms with Crippen molar-refractivity contribution in [2.45, 2.75) is 39.3 Å². The normalized spacial score (nSPS) is 16.2. The lowest BCUT2D eigenvalue weighted by Gasteiger charge is -2.32. The molecule has 7 heteroatoms. The van der Waals surface area contributed by atoms with Crippen molar-refractivity contribution in [2.24, 2.45) is 0 Å². The van der Waals surface area contributed by atoms with Crippen molar-refractivity contribution in [1.29, 1.82) is 0 Å². The minimum atomic E-state index is -0.0723.